The summed E-state index contributed by atoms with van der Waals surface area (Å²) in [4.78, 5) is 20.7. The Labute approximate surface area is 260 Å². The fraction of sp³-hybridized carbons (Fsp3) is 0.147. The molecule has 7 rings (SSSR count). The van der Waals surface area contributed by atoms with E-state index >= 15 is 0 Å². The van der Waals surface area contributed by atoms with Crippen molar-refractivity contribution in [3.63, 3.8) is 0 Å². The summed E-state index contributed by atoms with van der Waals surface area (Å²) >= 11 is 6.25. The van der Waals surface area contributed by atoms with Crippen molar-refractivity contribution in [1.29, 1.82) is 0 Å². The van der Waals surface area contributed by atoms with Gasteiger partial charge in [0.1, 0.15) is 0 Å². The molecule has 44 heavy (non-hydrogen) atoms. The van der Waals surface area contributed by atoms with Gasteiger partial charge in [0.25, 0.3) is 5.91 Å². The molecule has 3 heterocycles. The zero-order valence-electron chi connectivity index (χ0n) is 24.2. The van der Waals surface area contributed by atoms with Crippen LogP contribution in [0.25, 0.3) is 5.69 Å². The van der Waals surface area contributed by atoms with Crippen LogP contribution in [0.15, 0.2) is 112 Å². The van der Waals surface area contributed by atoms with Gasteiger partial charge in [-0.1, -0.05) is 61.8 Å². The van der Waals surface area contributed by atoms with Crippen LogP contribution < -0.4 is 10.2 Å². The quantitative estimate of drug-likeness (QED) is 0.221. The molecule has 4 aromatic carbocycles. The van der Waals surface area contributed by atoms with Gasteiger partial charge in [0.05, 0.1) is 38.6 Å². The van der Waals surface area contributed by atoms with Gasteiger partial charge in [0.15, 0.2) is 5.82 Å². The zero-order chi connectivity index (χ0) is 30.7. The number of hydrogen-bond acceptors (Lipinski definition) is 6. The van der Waals surface area contributed by atoms with Gasteiger partial charge < -0.3 is 10.2 Å². The van der Waals surface area contributed by atoms with Crippen LogP contribution >= 0.6 is 11.6 Å². The van der Waals surface area contributed by atoms with Crippen molar-refractivity contribution in [3.8, 4) is 5.69 Å². The van der Waals surface area contributed by atoms with Gasteiger partial charge in [-0.15, -0.1) is 0 Å². The Morgan fingerprint density at radius 1 is 0.864 bits per heavy atom. The topological polar surface area (TPSA) is 96.7 Å². The molecule has 1 N–H and O–H groups in total. The first kappa shape index (κ1) is 28.1. The number of para-hydroxylation sites is 2. The molecule has 0 unspecified atom stereocenters. The molecule has 0 radical (unpaired) electrons. The van der Waals surface area contributed by atoms with Gasteiger partial charge in [0.2, 0.25) is 15.7 Å². The largest absolute Gasteiger partial charge is 0.317 e. The number of nitrogens with zero attached hydrogens (tertiary/aromatic N) is 4. The van der Waals surface area contributed by atoms with Crippen molar-refractivity contribution in [3.05, 3.63) is 124 Å². The van der Waals surface area contributed by atoms with Gasteiger partial charge in [0, 0.05) is 10.6 Å². The first-order valence-corrected chi connectivity index (χ1v) is 16.1. The van der Waals surface area contributed by atoms with Crippen LogP contribution in [0, 0.1) is 6.92 Å². The first-order valence-electron chi connectivity index (χ1n) is 14.2. The maximum atomic E-state index is 13.4. The van der Waals surface area contributed by atoms with Crippen LogP contribution in [-0.4, -0.2) is 29.9 Å². The lowest BCUT2D eigenvalue weighted by Crippen LogP contribution is -2.48. The Balaban J connectivity index is 1.34. The fourth-order valence-electron chi connectivity index (χ4n) is 5.82. The Kier molecular flexibility index (Phi) is 6.68. The average Bonchev–Trinajstić information content (AvgIpc) is 3.36. The molecular weight excluding hydrogens is 594 g/mol. The Morgan fingerprint density at radius 3 is 2.16 bits per heavy atom. The number of carbonyl (C=O) groups is 1. The summed E-state index contributed by atoms with van der Waals surface area (Å²) in [5.41, 5.74) is 5.69. The summed E-state index contributed by atoms with van der Waals surface area (Å²) < 4.78 is 28.5. The van der Waals surface area contributed by atoms with E-state index < -0.39 is 15.9 Å². The molecule has 1 amide bonds. The van der Waals surface area contributed by atoms with Crippen molar-refractivity contribution in [1.82, 2.24) is 9.78 Å². The number of aliphatic imine (C=N–C) groups is 1. The van der Waals surface area contributed by atoms with Crippen LogP contribution in [0.4, 0.5) is 17.2 Å². The van der Waals surface area contributed by atoms with Gasteiger partial charge in [-0.2, -0.15) is 5.10 Å². The molecule has 0 fully saturated rings. The maximum absolute atomic E-state index is 13.4. The third kappa shape index (κ3) is 4.51. The van der Waals surface area contributed by atoms with Gasteiger partial charge in [-0.05, 0) is 84.6 Å². The van der Waals surface area contributed by atoms with E-state index in [-0.39, 0.29) is 21.5 Å². The number of benzene rings is 4. The SMILES string of the molecule is Cc1nn(-c2ccc(S(=O)(=O)c3ccc(C(C)C)cc3)cc2)c2c1[C@H](c1ccc(Cl)cc1)N1C(=N2)C(=O)Nc2ccccc21. The minimum absolute atomic E-state index is 0.177. The highest BCUT2D eigenvalue weighted by Gasteiger charge is 2.42. The third-order valence-corrected chi connectivity index (χ3v) is 10.1. The lowest BCUT2D eigenvalue weighted by atomic mass is 9.93. The lowest BCUT2D eigenvalue weighted by molar-refractivity contribution is -0.110. The molecule has 0 spiro atoms. The van der Waals surface area contributed by atoms with Gasteiger partial charge in [-0.3, -0.25) is 4.79 Å². The number of halogens is 1. The number of nitrogens with one attached hydrogen (secondary N) is 1. The lowest BCUT2D eigenvalue weighted by Gasteiger charge is -2.40. The molecule has 220 valence electrons. The van der Waals surface area contributed by atoms with Crippen molar-refractivity contribution in [2.24, 2.45) is 4.99 Å². The second-order valence-electron chi connectivity index (χ2n) is 11.2. The van der Waals surface area contributed by atoms with E-state index in [2.05, 4.69) is 19.2 Å². The molecular formula is C34H28ClN5O3S. The summed E-state index contributed by atoms with van der Waals surface area (Å²) in [7, 11) is -3.72. The predicted molar refractivity (Wildman–Crippen MR) is 172 cm³/mol. The Bertz CT molecular complexity index is 2070. The number of sulfone groups is 1. The number of fused-ring (bicyclic) bond motifs is 4. The van der Waals surface area contributed by atoms with E-state index in [1.165, 1.54) is 0 Å². The molecule has 8 nitrogen and oxygen atoms in total. The fourth-order valence-corrected chi connectivity index (χ4v) is 7.20. The zero-order valence-corrected chi connectivity index (χ0v) is 25.8. The molecule has 0 bridgehead atoms. The third-order valence-electron chi connectivity index (χ3n) is 8.10. The monoisotopic (exact) mass is 621 g/mol. The summed E-state index contributed by atoms with van der Waals surface area (Å²) in [5.74, 6) is 0.715. The Morgan fingerprint density at radius 2 is 1.50 bits per heavy atom. The molecule has 0 saturated heterocycles. The smallest absolute Gasteiger partial charge is 0.291 e. The molecule has 0 aliphatic carbocycles. The second-order valence-corrected chi connectivity index (χ2v) is 13.6. The second kappa shape index (κ2) is 10.5. The molecule has 2 aliphatic heterocycles. The van der Waals surface area contributed by atoms with E-state index in [0.29, 0.717) is 28.1 Å². The van der Waals surface area contributed by atoms with E-state index in [1.807, 2.05) is 72.5 Å². The van der Waals surface area contributed by atoms with E-state index in [4.69, 9.17) is 21.7 Å². The predicted octanol–water partition coefficient (Wildman–Crippen LogP) is 7.38. The minimum Gasteiger partial charge on any atom is -0.317 e. The van der Waals surface area contributed by atoms with Crippen LogP contribution in [0.3, 0.4) is 0 Å². The summed E-state index contributed by atoms with van der Waals surface area (Å²) in [6.07, 6.45) is 0. The van der Waals surface area contributed by atoms with Crippen molar-refractivity contribution < 1.29 is 13.2 Å². The minimum atomic E-state index is -3.72. The first-order chi connectivity index (χ1) is 21.1. The number of carbonyl (C=O) groups excluding carboxylic acids is 1. The number of aromatic nitrogens is 2. The molecule has 1 aromatic heterocycles. The number of aryl methyl sites for hydroxylation is 1. The van der Waals surface area contributed by atoms with Crippen LogP contribution in [0.1, 0.15) is 48.2 Å². The normalized spacial score (nSPS) is 15.8. The molecule has 5 aromatic rings. The standard InChI is InChI=1S/C34H28ClN5O3S/c1-20(2)22-10-16-26(17-11-22)44(42,43)27-18-14-25(15-19-27)40-32-30(21(3)38-40)31(23-8-12-24(35)13-9-23)39-29-7-5-4-6-28(29)36-34(41)33(39)37-32/h4-20,31H,1-3H3,(H,36,41)/t31-/m0/s1. The highest BCUT2D eigenvalue weighted by molar-refractivity contribution is 7.91. The average molecular weight is 622 g/mol. The number of anilines is 2. The molecule has 1 atom stereocenters. The van der Waals surface area contributed by atoms with Gasteiger partial charge in [-0.25, -0.2) is 18.1 Å². The van der Waals surface area contributed by atoms with Crippen LogP contribution in [0.2, 0.25) is 5.02 Å². The number of rotatable bonds is 5. The van der Waals surface area contributed by atoms with Crippen LogP contribution in [-0.2, 0) is 14.6 Å². The van der Waals surface area contributed by atoms with Crippen LogP contribution in [0.5, 0.6) is 0 Å². The number of amidine groups is 1. The molecule has 10 heteroatoms. The maximum Gasteiger partial charge on any atom is 0.291 e. The number of hydrogen-bond donors (Lipinski definition) is 1. The summed E-state index contributed by atoms with van der Waals surface area (Å²) in [6, 6.07) is 28.3. The van der Waals surface area contributed by atoms with E-state index in [9.17, 15) is 13.2 Å². The highest BCUT2D eigenvalue weighted by Crippen LogP contribution is 2.47. The van der Waals surface area contributed by atoms with Crippen molar-refractivity contribution in [2.75, 3.05) is 10.2 Å². The van der Waals surface area contributed by atoms with Crippen molar-refractivity contribution >= 4 is 50.4 Å². The number of amides is 1. The molecule has 0 saturated carbocycles. The highest BCUT2D eigenvalue weighted by atomic mass is 35.5. The Hall–Kier alpha value is -4.73. The summed E-state index contributed by atoms with van der Waals surface area (Å²) in [5, 5.41) is 8.41. The van der Waals surface area contributed by atoms with Gasteiger partial charge >= 0.3 is 0 Å². The van der Waals surface area contributed by atoms with Crippen molar-refractivity contribution in [2.45, 2.75) is 42.5 Å². The molecule has 2 aliphatic rings. The van der Waals surface area contributed by atoms with E-state index in [0.717, 1.165) is 28.1 Å². The van der Waals surface area contributed by atoms with E-state index in [1.54, 1.807) is 41.1 Å². The summed E-state index contributed by atoms with van der Waals surface area (Å²) in [6.45, 7) is 6.05.